The second-order valence-electron chi connectivity index (χ2n) is 9.36. The number of likely N-dealkylation sites (N-methyl/N-ethyl adjacent to an activating group) is 1. The molecule has 0 spiro atoms. The number of halogens is 3. The maximum absolute atomic E-state index is 13.1. The van der Waals surface area contributed by atoms with Crippen molar-refractivity contribution in [3.05, 3.63) is 76.6 Å². The Hall–Kier alpha value is -3.57. The standard InChI is InChI=1S/C27H35F3N6O2/c1-33-24(31)23(19-5-7-20(8-6-19)26(37)38-4)25(32)36-15-13-35(14-16-36)22(17-34(2)3)18-9-11-21(12-10-18)27(28,29)30/h5-12,22H,13-17,32H2,1-4H3,(H2,31,33). The molecule has 8 nitrogen and oxygen atoms in total. The number of hydrogen-bond acceptors (Lipinski definition) is 7. The van der Waals surface area contributed by atoms with E-state index in [4.69, 9.17) is 16.2 Å². The van der Waals surface area contributed by atoms with Gasteiger partial charge in [0.15, 0.2) is 0 Å². The summed E-state index contributed by atoms with van der Waals surface area (Å²) in [6, 6.07) is 12.1. The van der Waals surface area contributed by atoms with E-state index in [1.807, 2.05) is 23.9 Å². The molecule has 1 saturated heterocycles. The van der Waals surface area contributed by atoms with Gasteiger partial charge in [0.05, 0.1) is 23.8 Å². The monoisotopic (exact) mass is 532 g/mol. The maximum Gasteiger partial charge on any atom is 0.416 e. The number of rotatable bonds is 8. The van der Waals surface area contributed by atoms with Crippen molar-refractivity contribution < 1.29 is 22.7 Å². The minimum atomic E-state index is -4.37. The van der Waals surface area contributed by atoms with Gasteiger partial charge in [-0.25, -0.2) is 4.79 Å². The van der Waals surface area contributed by atoms with Crippen LogP contribution in [-0.4, -0.2) is 87.5 Å². The highest BCUT2D eigenvalue weighted by molar-refractivity contribution is 6.22. The number of carbonyl (C=O) groups is 1. The van der Waals surface area contributed by atoms with E-state index < -0.39 is 17.7 Å². The van der Waals surface area contributed by atoms with Crippen LogP contribution in [-0.2, 0) is 10.9 Å². The average Bonchev–Trinajstić information content (AvgIpc) is 2.91. The van der Waals surface area contributed by atoms with Gasteiger partial charge >= 0.3 is 12.1 Å². The molecule has 0 radical (unpaired) electrons. The van der Waals surface area contributed by atoms with E-state index in [2.05, 4.69) is 9.89 Å². The SMILES string of the molecule is CN=C(N)C(=C(N)N1CCN(C(CN(C)C)c2ccc(C(F)(F)F)cc2)CC1)c1ccc(C(=O)OC)cc1. The van der Waals surface area contributed by atoms with Gasteiger partial charge in [-0.05, 0) is 49.5 Å². The molecular weight excluding hydrogens is 497 g/mol. The fourth-order valence-corrected chi connectivity index (χ4v) is 4.53. The minimum absolute atomic E-state index is 0.0766. The lowest BCUT2D eigenvalue weighted by Crippen LogP contribution is -2.50. The summed E-state index contributed by atoms with van der Waals surface area (Å²) in [6.45, 7) is 3.15. The summed E-state index contributed by atoms with van der Waals surface area (Å²) >= 11 is 0. The predicted molar refractivity (Wildman–Crippen MR) is 142 cm³/mol. The van der Waals surface area contributed by atoms with Gasteiger partial charge in [-0.2, -0.15) is 13.2 Å². The number of piperazine rings is 1. The number of nitrogens with zero attached hydrogens (tertiary/aromatic N) is 4. The van der Waals surface area contributed by atoms with Crippen molar-refractivity contribution in [1.29, 1.82) is 0 Å². The first kappa shape index (κ1) is 29.0. The lowest BCUT2D eigenvalue weighted by molar-refractivity contribution is -0.137. The molecule has 2 aromatic carbocycles. The molecule has 1 atom stereocenters. The maximum atomic E-state index is 13.1. The van der Waals surface area contributed by atoms with E-state index in [9.17, 15) is 18.0 Å². The highest BCUT2D eigenvalue weighted by Crippen LogP contribution is 2.31. The number of esters is 1. The van der Waals surface area contributed by atoms with Crippen molar-refractivity contribution in [1.82, 2.24) is 14.7 Å². The molecule has 1 unspecified atom stereocenters. The van der Waals surface area contributed by atoms with Crippen molar-refractivity contribution in [3.63, 3.8) is 0 Å². The molecule has 2 aromatic rings. The van der Waals surface area contributed by atoms with Crippen molar-refractivity contribution in [3.8, 4) is 0 Å². The fraction of sp³-hybridized carbons (Fsp3) is 0.407. The first-order chi connectivity index (χ1) is 18.0. The Bertz CT molecular complexity index is 1150. The van der Waals surface area contributed by atoms with Crippen LogP contribution in [0.4, 0.5) is 13.2 Å². The third-order valence-electron chi connectivity index (χ3n) is 6.60. The topological polar surface area (TPSA) is 100 Å². The van der Waals surface area contributed by atoms with Crippen LogP contribution in [0.5, 0.6) is 0 Å². The third-order valence-corrected chi connectivity index (χ3v) is 6.60. The highest BCUT2D eigenvalue weighted by Gasteiger charge is 2.32. The minimum Gasteiger partial charge on any atom is -0.465 e. The summed E-state index contributed by atoms with van der Waals surface area (Å²) in [5.74, 6) is 0.298. The Labute approximate surface area is 221 Å². The summed E-state index contributed by atoms with van der Waals surface area (Å²) in [5, 5.41) is 0. The molecule has 0 aliphatic carbocycles. The van der Waals surface area contributed by atoms with Crippen molar-refractivity contribution in [2.24, 2.45) is 16.5 Å². The highest BCUT2D eigenvalue weighted by atomic mass is 19.4. The molecule has 1 aliphatic rings. The van der Waals surface area contributed by atoms with Crippen LogP contribution in [0.15, 0.2) is 59.3 Å². The lowest BCUT2D eigenvalue weighted by atomic mass is 10.0. The van der Waals surface area contributed by atoms with Gasteiger partial charge in [0, 0.05) is 45.8 Å². The van der Waals surface area contributed by atoms with Crippen LogP contribution in [0.2, 0.25) is 0 Å². The van der Waals surface area contributed by atoms with E-state index >= 15 is 0 Å². The van der Waals surface area contributed by atoms with E-state index in [1.165, 1.54) is 7.11 Å². The zero-order chi connectivity index (χ0) is 28.0. The summed E-state index contributed by atoms with van der Waals surface area (Å²) in [7, 11) is 6.79. The molecule has 11 heteroatoms. The van der Waals surface area contributed by atoms with Gasteiger partial charge in [0.25, 0.3) is 0 Å². The average molecular weight is 533 g/mol. The van der Waals surface area contributed by atoms with E-state index in [1.54, 1.807) is 43.4 Å². The molecule has 0 bridgehead atoms. The first-order valence-electron chi connectivity index (χ1n) is 12.2. The van der Waals surface area contributed by atoms with Gasteiger partial charge < -0.3 is 26.0 Å². The molecule has 0 saturated carbocycles. The lowest BCUT2D eigenvalue weighted by Gasteiger charge is -2.41. The number of benzene rings is 2. The number of methoxy groups -OCH3 is 1. The largest absolute Gasteiger partial charge is 0.465 e. The van der Waals surface area contributed by atoms with Crippen LogP contribution in [0.1, 0.15) is 33.1 Å². The van der Waals surface area contributed by atoms with Crippen molar-refractivity contribution >= 4 is 17.4 Å². The quantitative estimate of drug-likeness (QED) is 0.306. The molecule has 1 fully saturated rings. The van der Waals surface area contributed by atoms with Gasteiger partial charge in [-0.1, -0.05) is 24.3 Å². The predicted octanol–water partition coefficient (Wildman–Crippen LogP) is 3.03. The van der Waals surface area contributed by atoms with E-state index in [-0.39, 0.29) is 11.9 Å². The third kappa shape index (κ3) is 6.84. The molecule has 0 amide bonds. The fourth-order valence-electron chi connectivity index (χ4n) is 4.53. The molecule has 206 valence electrons. The Morgan fingerprint density at radius 1 is 1.00 bits per heavy atom. The van der Waals surface area contributed by atoms with Crippen LogP contribution in [0.3, 0.4) is 0 Å². The Balaban J connectivity index is 1.82. The van der Waals surface area contributed by atoms with Gasteiger partial charge in [-0.3, -0.25) is 9.89 Å². The Morgan fingerprint density at radius 3 is 2.03 bits per heavy atom. The molecule has 38 heavy (non-hydrogen) atoms. The molecule has 1 aliphatic heterocycles. The smallest absolute Gasteiger partial charge is 0.416 e. The molecule has 4 N–H and O–H groups in total. The summed E-state index contributed by atoms with van der Waals surface area (Å²) in [5.41, 5.74) is 14.7. The van der Waals surface area contributed by atoms with E-state index in [0.29, 0.717) is 49.7 Å². The van der Waals surface area contributed by atoms with Gasteiger partial charge in [0.2, 0.25) is 0 Å². The molecular formula is C27H35F3N6O2. The number of aliphatic imine (C=N–C) groups is 1. The van der Waals surface area contributed by atoms with Crippen LogP contribution in [0, 0.1) is 0 Å². The molecule has 1 heterocycles. The van der Waals surface area contributed by atoms with Gasteiger partial charge in [-0.15, -0.1) is 0 Å². The van der Waals surface area contributed by atoms with Crippen molar-refractivity contribution in [2.45, 2.75) is 12.2 Å². The normalized spacial score (nSPS) is 16.8. The number of carbonyl (C=O) groups excluding carboxylic acids is 1. The summed E-state index contributed by atoms with van der Waals surface area (Å²) in [4.78, 5) is 22.3. The van der Waals surface area contributed by atoms with Crippen LogP contribution >= 0.6 is 0 Å². The number of hydrogen-bond donors (Lipinski definition) is 2. The number of amidine groups is 1. The second kappa shape index (κ2) is 12.3. The number of alkyl halides is 3. The Morgan fingerprint density at radius 2 is 1.55 bits per heavy atom. The van der Waals surface area contributed by atoms with Gasteiger partial charge in [0.1, 0.15) is 11.7 Å². The number of nitrogens with two attached hydrogens (primary N) is 2. The van der Waals surface area contributed by atoms with Crippen molar-refractivity contribution in [2.75, 3.05) is 61.0 Å². The summed E-state index contributed by atoms with van der Waals surface area (Å²) < 4.78 is 44.0. The molecule has 3 rings (SSSR count). The molecule has 0 aromatic heterocycles. The second-order valence-corrected chi connectivity index (χ2v) is 9.36. The Kier molecular flexibility index (Phi) is 9.40. The first-order valence-corrected chi connectivity index (χ1v) is 12.2. The zero-order valence-corrected chi connectivity index (χ0v) is 22.1. The van der Waals surface area contributed by atoms with Crippen LogP contribution in [0.25, 0.3) is 5.57 Å². The van der Waals surface area contributed by atoms with Crippen LogP contribution < -0.4 is 11.5 Å². The zero-order valence-electron chi connectivity index (χ0n) is 22.1. The van der Waals surface area contributed by atoms with E-state index in [0.717, 1.165) is 23.3 Å². The number of ether oxygens (including phenoxy) is 1. The summed E-state index contributed by atoms with van der Waals surface area (Å²) in [6.07, 6.45) is -4.37.